The molecular weight excluding hydrogens is 380 g/mol. The number of nitrogens with one attached hydrogen (secondary N) is 1. The van der Waals surface area contributed by atoms with E-state index in [1.54, 1.807) is 28.9 Å². The Bertz CT molecular complexity index is 1220. The highest BCUT2D eigenvalue weighted by atomic mass is 16.5. The number of ether oxygens (including phenoxy) is 2. The molecule has 0 spiro atoms. The molecule has 0 radical (unpaired) electrons. The number of anilines is 1. The molecule has 2 aromatic heterocycles. The Morgan fingerprint density at radius 3 is 2.37 bits per heavy atom. The lowest BCUT2D eigenvalue weighted by Crippen LogP contribution is -2.17. The molecule has 0 saturated carbocycles. The van der Waals surface area contributed by atoms with E-state index in [-0.39, 0.29) is 5.91 Å². The average molecular weight is 402 g/mol. The fourth-order valence-corrected chi connectivity index (χ4v) is 3.46. The van der Waals surface area contributed by atoms with Gasteiger partial charge in [0.05, 0.1) is 25.4 Å². The van der Waals surface area contributed by atoms with Gasteiger partial charge in [0.15, 0.2) is 5.82 Å². The second-order valence-electron chi connectivity index (χ2n) is 6.89. The van der Waals surface area contributed by atoms with E-state index in [4.69, 9.17) is 14.5 Å². The van der Waals surface area contributed by atoms with Gasteiger partial charge in [-0.1, -0.05) is 24.3 Å². The van der Waals surface area contributed by atoms with Crippen LogP contribution < -0.4 is 14.8 Å². The number of hydrogen-bond donors (Lipinski definition) is 1. The highest BCUT2D eigenvalue weighted by Crippen LogP contribution is 2.30. The van der Waals surface area contributed by atoms with Crippen LogP contribution in [-0.4, -0.2) is 34.9 Å². The van der Waals surface area contributed by atoms with E-state index in [0.29, 0.717) is 28.7 Å². The fraction of sp³-hybridized carbons (Fsp3) is 0.174. The summed E-state index contributed by atoms with van der Waals surface area (Å²) in [5.41, 5.74) is 3.01. The van der Waals surface area contributed by atoms with Gasteiger partial charge in [-0.15, -0.1) is 0 Å². The number of benzene rings is 2. The zero-order chi connectivity index (χ0) is 21.3. The number of carbonyl (C=O) groups is 1. The number of rotatable bonds is 5. The third-order valence-electron chi connectivity index (χ3n) is 4.85. The number of carbonyl (C=O) groups excluding carboxylic acids is 1. The Hall–Kier alpha value is -3.87. The lowest BCUT2D eigenvalue weighted by atomic mass is 10.1. The number of para-hydroxylation sites is 1. The molecule has 30 heavy (non-hydrogen) atoms. The van der Waals surface area contributed by atoms with Crippen molar-refractivity contribution in [3.05, 3.63) is 71.4 Å². The monoisotopic (exact) mass is 402 g/mol. The number of amides is 1. The van der Waals surface area contributed by atoms with Crippen molar-refractivity contribution in [2.24, 2.45) is 0 Å². The minimum atomic E-state index is -0.358. The van der Waals surface area contributed by atoms with Crippen molar-refractivity contribution in [3.8, 4) is 17.3 Å². The van der Waals surface area contributed by atoms with Crippen LogP contribution in [0.3, 0.4) is 0 Å². The molecular formula is C23H22N4O3. The van der Waals surface area contributed by atoms with Gasteiger partial charge in [-0.2, -0.15) is 9.78 Å². The summed E-state index contributed by atoms with van der Waals surface area (Å²) in [4.78, 5) is 17.8. The molecule has 2 aromatic carbocycles. The molecule has 152 valence electrons. The Morgan fingerprint density at radius 2 is 1.67 bits per heavy atom. The van der Waals surface area contributed by atoms with Crippen LogP contribution in [-0.2, 0) is 0 Å². The van der Waals surface area contributed by atoms with Crippen molar-refractivity contribution in [1.29, 1.82) is 0 Å². The van der Waals surface area contributed by atoms with Crippen molar-refractivity contribution >= 4 is 22.6 Å². The van der Waals surface area contributed by atoms with Gasteiger partial charge < -0.3 is 14.8 Å². The van der Waals surface area contributed by atoms with Gasteiger partial charge in [0, 0.05) is 11.5 Å². The first kappa shape index (κ1) is 19.4. The summed E-state index contributed by atoms with van der Waals surface area (Å²) in [5.74, 6) is 1.63. The molecule has 1 N–H and O–H groups in total. The molecule has 7 nitrogen and oxygen atoms in total. The molecule has 0 atom stereocenters. The first-order valence-corrected chi connectivity index (χ1v) is 9.47. The molecule has 1 amide bonds. The standard InChI is InChI=1S/C23H22N4O3/c1-14-12-20(24-17-9-6-5-8-16(14)17)27-21(13-15(2)26-27)25-23(28)22-18(29-3)10-7-11-19(22)30-4/h5-13H,1-4H3,(H,25,28). The van der Waals surface area contributed by atoms with Crippen LogP contribution in [0.5, 0.6) is 11.5 Å². The lowest BCUT2D eigenvalue weighted by Gasteiger charge is -2.14. The molecule has 7 heteroatoms. The first-order valence-electron chi connectivity index (χ1n) is 9.47. The summed E-state index contributed by atoms with van der Waals surface area (Å²) in [6, 6.07) is 16.9. The number of fused-ring (bicyclic) bond motifs is 1. The molecule has 4 aromatic rings. The van der Waals surface area contributed by atoms with Crippen molar-refractivity contribution in [2.75, 3.05) is 19.5 Å². The molecule has 0 aliphatic heterocycles. The van der Waals surface area contributed by atoms with Gasteiger partial charge in [-0.3, -0.25) is 4.79 Å². The van der Waals surface area contributed by atoms with Crippen LogP contribution in [0, 0.1) is 13.8 Å². The molecule has 0 aliphatic carbocycles. The fourth-order valence-electron chi connectivity index (χ4n) is 3.46. The van der Waals surface area contributed by atoms with Gasteiger partial charge in [-0.05, 0) is 43.7 Å². The summed E-state index contributed by atoms with van der Waals surface area (Å²) in [5, 5.41) is 8.54. The van der Waals surface area contributed by atoms with Crippen LogP contribution >= 0.6 is 0 Å². The SMILES string of the molecule is COc1cccc(OC)c1C(=O)Nc1cc(C)nn1-c1cc(C)c2ccccc2n1. The zero-order valence-electron chi connectivity index (χ0n) is 17.3. The summed E-state index contributed by atoms with van der Waals surface area (Å²) < 4.78 is 12.3. The molecule has 0 bridgehead atoms. The normalized spacial score (nSPS) is 10.8. The third kappa shape index (κ3) is 3.45. The smallest absolute Gasteiger partial charge is 0.264 e. The van der Waals surface area contributed by atoms with Gasteiger partial charge >= 0.3 is 0 Å². The van der Waals surface area contributed by atoms with Gasteiger partial charge in [0.2, 0.25) is 0 Å². The number of pyridine rings is 1. The van der Waals surface area contributed by atoms with Crippen molar-refractivity contribution < 1.29 is 14.3 Å². The summed E-state index contributed by atoms with van der Waals surface area (Å²) in [6.07, 6.45) is 0. The number of nitrogens with zero attached hydrogens (tertiary/aromatic N) is 3. The second-order valence-corrected chi connectivity index (χ2v) is 6.89. The minimum Gasteiger partial charge on any atom is -0.496 e. The predicted molar refractivity (Wildman–Crippen MR) is 116 cm³/mol. The Labute approximate surface area is 174 Å². The lowest BCUT2D eigenvalue weighted by molar-refractivity contribution is 0.102. The molecule has 0 aliphatic rings. The zero-order valence-corrected chi connectivity index (χ0v) is 17.3. The third-order valence-corrected chi connectivity index (χ3v) is 4.85. The van der Waals surface area contributed by atoms with Crippen LogP contribution in [0.15, 0.2) is 54.6 Å². The van der Waals surface area contributed by atoms with E-state index >= 15 is 0 Å². The summed E-state index contributed by atoms with van der Waals surface area (Å²) >= 11 is 0. The van der Waals surface area contributed by atoms with Gasteiger partial charge in [0.25, 0.3) is 5.91 Å². The van der Waals surface area contributed by atoms with Gasteiger partial charge in [0.1, 0.15) is 22.9 Å². The van der Waals surface area contributed by atoms with E-state index < -0.39 is 0 Å². The van der Waals surface area contributed by atoms with Crippen molar-refractivity contribution in [3.63, 3.8) is 0 Å². The summed E-state index contributed by atoms with van der Waals surface area (Å²) in [7, 11) is 3.03. The van der Waals surface area contributed by atoms with Crippen LogP contribution in [0.25, 0.3) is 16.7 Å². The van der Waals surface area contributed by atoms with E-state index in [9.17, 15) is 4.79 Å². The van der Waals surface area contributed by atoms with Crippen LogP contribution in [0.2, 0.25) is 0 Å². The van der Waals surface area contributed by atoms with Crippen molar-refractivity contribution in [1.82, 2.24) is 14.8 Å². The predicted octanol–water partition coefficient (Wildman–Crippen LogP) is 4.31. The largest absolute Gasteiger partial charge is 0.496 e. The maximum absolute atomic E-state index is 13.1. The molecule has 0 fully saturated rings. The number of aromatic nitrogens is 3. The summed E-state index contributed by atoms with van der Waals surface area (Å²) in [6.45, 7) is 3.89. The molecule has 0 saturated heterocycles. The Kier molecular flexibility index (Phi) is 5.10. The highest BCUT2D eigenvalue weighted by molar-refractivity contribution is 6.08. The van der Waals surface area contributed by atoms with E-state index in [1.807, 2.05) is 44.2 Å². The minimum absolute atomic E-state index is 0.315. The number of methoxy groups -OCH3 is 2. The highest BCUT2D eigenvalue weighted by Gasteiger charge is 2.21. The second kappa shape index (κ2) is 7.87. The molecule has 0 unspecified atom stereocenters. The average Bonchev–Trinajstić information content (AvgIpc) is 3.12. The first-order chi connectivity index (χ1) is 14.5. The maximum atomic E-state index is 13.1. The van der Waals surface area contributed by atoms with E-state index in [2.05, 4.69) is 10.4 Å². The number of hydrogen-bond acceptors (Lipinski definition) is 5. The van der Waals surface area contributed by atoms with E-state index in [0.717, 1.165) is 22.2 Å². The Balaban J connectivity index is 1.76. The van der Waals surface area contributed by atoms with Crippen molar-refractivity contribution in [2.45, 2.75) is 13.8 Å². The maximum Gasteiger partial charge on any atom is 0.264 e. The van der Waals surface area contributed by atoms with Gasteiger partial charge in [-0.25, -0.2) is 4.98 Å². The quantitative estimate of drug-likeness (QED) is 0.538. The van der Waals surface area contributed by atoms with Crippen LogP contribution in [0.4, 0.5) is 5.82 Å². The molecule has 4 rings (SSSR count). The topological polar surface area (TPSA) is 78.3 Å². The van der Waals surface area contributed by atoms with Crippen LogP contribution in [0.1, 0.15) is 21.6 Å². The molecule has 2 heterocycles. The van der Waals surface area contributed by atoms with E-state index in [1.165, 1.54) is 14.2 Å². The Morgan fingerprint density at radius 1 is 0.967 bits per heavy atom. The number of aryl methyl sites for hydroxylation is 2.